The van der Waals surface area contributed by atoms with Gasteiger partial charge in [-0.15, -0.1) is 0 Å². The Hall–Kier alpha value is -2.66. The smallest absolute Gasteiger partial charge is 0.422 e. The fourth-order valence-corrected chi connectivity index (χ4v) is 3.15. The number of alkyl halides is 3. The van der Waals surface area contributed by atoms with Crippen LogP contribution in [-0.2, 0) is 16.6 Å². The molecular weight excluding hydrogens is 377 g/mol. The standard InChI is InChI=1S/C15H13F3N2O5S/c16-15(17,18)10-25-12-7-5-11(6-8-12)9-19-26(23,24)14-4-2-1-3-13(14)20(21)22/h1-8,19H,9-10H2. The Labute approximate surface area is 146 Å². The number of nitrogens with one attached hydrogen (secondary N) is 1. The summed E-state index contributed by atoms with van der Waals surface area (Å²) in [6.45, 7) is -1.63. The number of hydrogen-bond donors (Lipinski definition) is 1. The van der Waals surface area contributed by atoms with E-state index in [0.29, 0.717) is 5.56 Å². The molecule has 0 aromatic heterocycles. The molecule has 0 spiro atoms. The summed E-state index contributed by atoms with van der Waals surface area (Å²) in [5.41, 5.74) is -0.123. The van der Waals surface area contributed by atoms with Crippen LogP contribution in [0.2, 0.25) is 0 Å². The van der Waals surface area contributed by atoms with Crippen molar-refractivity contribution < 1.29 is 31.2 Å². The van der Waals surface area contributed by atoms with Crippen LogP contribution in [0.15, 0.2) is 53.4 Å². The van der Waals surface area contributed by atoms with Gasteiger partial charge in [-0.25, -0.2) is 13.1 Å². The summed E-state index contributed by atoms with van der Waals surface area (Å²) in [6.07, 6.45) is -4.46. The first-order valence-electron chi connectivity index (χ1n) is 7.10. The fourth-order valence-electron chi connectivity index (χ4n) is 1.96. The van der Waals surface area contributed by atoms with Crippen molar-refractivity contribution in [2.45, 2.75) is 17.6 Å². The minimum Gasteiger partial charge on any atom is -0.484 e. The number of sulfonamides is 1. The number of hydrogen-bond acceptors (Lipinski definition) is 5. The molecule has 26 heavy (non-hydrogen) atoms. The maximum Gasteiger partial charge on any atom is 0.422 e. The monoisotopic (exact) mass is 390 g/mol. The number of benzene rings is 2. The zero-order valence-electron chi connectivity index (χ0n) is 13.1. The Morgan fingerprint density at radius 3 is 2.27 bits per heavy atom. The van der Waals surface area contributed by atoms with Gasteiger partial charge in [0.15, 0.2) is 11.5 Å². The van der Waals surface area contributed by atoms with Crippen LogP contribution in [-0.4, -0.2) is 26.1 Å². The molecular formula is C15H13F3N2O5S. The van der Waals surface area contributed by atoms with Crippen molar-refractivity contribution in [2.75, 3.05) is 6.61 Å². The second-order valence-corrected chi connectivity index (χ2v) is 6.83. The zero-order valence-corrected chi connectivity index (χ0v) is 13.9. The molecule has 0 unspecified atom stereocenters. The van der Waals surface area contributed by atoms with Crippen LogP contribution < -0.4 is 9.46 Å². The summed E-state index contributed by atoms with van der Waals surface area (Å²) in [5, 5.41) is 10.9. The topological polar surface area (TPSA) is 98.5 Å². The largest absolute Gasteiger partial charge is 0.484 e. The number of para-hydroxylation sites is 1. The lowest BCUT2D eigenvalue weighted by atomic mass is 10.2. The molecule has 1 N–H and O–H groups in total. The Balaban J connectivity index is 2.05. The molecule has 2 aromatic carbocycles. The highest BCUT2D eigenvalue weighted by Crippen LogP contribution is 2.23. The molecule has 0 aliphatic carbocycles. The molecule has 0 radical (unpaired) electrons. The SMILES string of the molecule is O=[N+]([O-])c1ccccc1S(=O)(=O)NCc1ccc(OCC(F)(F)F)cc1. The molecule has 2 aromatic rings. The average molecular weight is 390 g/mol. The Bertz CT molecular complexity index is 883. The average Bonchev–Trinajstić information content (AvgIpc) is 2.58. The van der Waals surface area contributed by atoms with Crippen molar-refractivity contribution >= 4 is 15.7 Å². The summed E-state index contributed by atoms with van der Waals surface area (Å²) < 4.78 is 67.5. The van der Waals surface area contributed by atoms with Crippen molar-refractivity contribution in [2.24, 2.45) is 0 Å². The molecule has 0 saturated carbocycles. The predicted molar refractivity (Wildman–Crippen MR) is 85.1 cm³/mol. The number of halogens is 3. The zero-order chi connectivity index (χ0) is 19.4. The van der Waals surface area contributed by atoms with Crippen molar-refractivity contribution in [1.29, 1.82) is 0 Å². The lowest BCUT2D eigenvalue weighted by Crippen LogP contribution is -2.24. The number of nitro groups is 1. The molecule has 0 fully saturated rings. The highest BCUT2D eigenvalue weighted by molar-refractivity contribution is 7.89. The number of ether oxygens (including phenoxy) is 1. The third-order valence-electron chi connectivity index (χ3n) is 3.14. The predicted octanol–water partition coefficient (Wildman–Crippen LogP) is 3.01. The van der Waals surface area contributed by atoms with E-state index in [1.165, 1.54) is 36.4 Å². The maximum absolute atomic E-state index is 12.2. The van der Waals surface area contributed by atoms with E-state index in [1.807, 2.05) is 0 Å². The van der Waals surface area contributed by atoms with E-state index in [2.05, 4.69) is 9.46 Å². The first-order chi connectivity index (χ1) is 12.1. The molecule has 11 heteroatoms. The van der Waals surface area contributed by atoms with E-state index < -0.39 is 38.3 Å². The van der Waals surface area contributed by atoms with Gasteiger partial charge in [0.05, 0.1) is 4.92 Å². The van der Waals surface area contributed by atoms with Crippen LogP contribution in [0.3, 0.4) is 0 Å². The Morgan fingerprint density at radius 1 is 1.08 bits per heavy atom. The minimum absolute atomic E-state index is 0.0207. The molecule has 0 heterocycles. The van der Waals surface area contributed by atoms with Gasteiger partial charge in [-0.2, -0.15) is 13.2 Å². The van der Waals surface area contributed by atoms with Gasteiger partial charge < -0.3 is 4.74 Å². The van der Waals surface area contributed by atoms with Gasteiger partial charge in [-0.1, -0.05) is 24.3 Å². The van der Waals surface area contributed by atoms with Crippen LogP contribution in [0.25, 0.3) is 0 Å². The molecule has 2 rings (SSSR count). The quantitative estimate of drug-likeness (QED) is 0.579. The molecule has 140 valence electrons. The van der Waals surface area contributed by atoms with Crippen LogP contribution in [0.1, 0.15) is 5.56 Å². The van der Waals surface area contributed by atoms with Crippen LogP contribution in [0.4, 0.5) is 18.9 Å². The first-order valence-corrected chi connectivity index (χ1v) is 8.58. The van der Waals surface area contributed by atoms with Crippen LogP contribution in [0, 0.1) is 10.1 Å². The van der Waals surface area contributed by atoms with E-state index in [4.69, 9.17) is 0 Å². The van der Waals surface area contributed by atoms with Crippen LogP contribution >= 0.6 is 0 Å². The third-order valence-corrected chi connectivity index (χ3v) is 4.59. The normalized spacial score (nSPS) is 12.0. The van der Waals surface area contributed by atoms with Gasteiger partial charge >= 0.3 is 6.18 Å². The van der Waals surface area contributed by atoms with Crippen molar-refractivity contribution in [3.8, 4) is 5.75 Å². The molecule has 0 bridgehead atoms. The van der Waals surface area contributed by atoms with E-state index in [1.54, 1.807) is 0 Å². The van der Waals surface area contributed by atoms with Crippen molar-refractivity contribution in [3.63, 3.8) is 0 Å². The molecule has 7 nitrogen and oxygen atoms in total. The van der Waals surface area contributed by atoms with Gasteiger partial charge in [-0.05, 0) is 23.8 Å². The summed E-state index contributed by atoms with van der Waals surface area (Å²) >= 11 is 0. The fraction of sp³-hybridized carbons (Fsp3) is 0.200. The van der Waals surface area contributed by atoms with E-state index in [-0.39, 0.29) is 12.3 Å². The summed E-state index contributed by atoms with van der Waals surface area (Å²) in [4.78, 5) is 9.65. The lowest BCUT2D eigenvalue weighted by molar-refractivity contribution is -0.387. The van der Waals surface area contributed by atoms with Gasteiger partial charge in [-0.3, -0.25) is 10.1 Å². The summed E-state index contributed by atoms with van der Waals surface area (Å²) in [6, 6.07) is 10.2. The van der Waals surface area contributed by atoms with Gasteiger partial charge in [0.25, 0.3) is 5.69 Å². The molecule has 0 aliphatic heterocycles. The Morgan fingerprint density at radius 2 is 1.69 bits per heavy atom. The van der Waals surface area contributed by atoms with Crippen molar-refractivity contribution in [1.82, 2.24) is 4.72 Å². The number of nitro benzene ring substituents is 1. The van der Waals surface area contributed by atoms with Crippen molar-refractivity contribution in [3.05, 3.63) is 64.2 Å². The van der Waals surface area contributed by atoms with E-state index >= 15 is 0 Å². The maximum atomic E-state index is 12.2. The van der Waals surface area contributed by atoms with E-state index in [9.17, 15) is 31.7 Å². The van der Waals surface area contributed by atoms with Crippen LogP contribution in [0.5, 0.6) is 5.75 Å². The second kappa shape index (κ2) is 7.70. The molecule has 0 atom stereocenters. The summed E-state index contributed by atoms with van der Waals surface area (Å²) in [7, 11) is -4.15. The van der Waals surface area contributed by atoms with Gasteiger partial charge in [0.2, 0.25) is 10.0 Å². The number of nitrogens with zero attached hydrogens (tertiary/aromatic N) is 1. The van der Waals surface area contributed by atoms with Gasteiger partial charge in [0, 0.05) is 12.6 Å². The number of rotatable bonds is 7. The Kier molecular flexibility index (Phi) is 5.83. The molecule has 0 amide bonds. The highest BCUT2D eigenvalue weighted by atomic mass is 32.2. The second-order valence-electron chi connectivity index (χ2n) is 5.10. The van der Waals surface area contributed by atoms with E-state index in [0.717, 1.165) is 12.1 Å². The lowest BCUT2D eigenvalue weighted by Gasteiger charge is -2.10. The molecule has 0 saturated heterocycles. The first kappa shape index (κ1) is 19.7. The minimum atomic E-state index is -4.46. The summed E-state index contributed by atoms with van der Waals surface area (Å²) in [5.74, 6) is -0.0207. The molecule has 0 aliphatic rings. The van der Waals surface area contributed by atoms with Gasteiger partial charge in [0.1, 0.15) is 5.75 Å². The highest BCUT2D eigenvalue weighted by Gasteiger charge is 2.28. The third kappa shape index (κ3) is 5.43.